The van der Waals surface area contributed by atoms with Crippen LogP contribution >= 0.6 is 23.2 Å². The molecule has 1 atom stereocenters. The van der Waals surface area contributed by atoms with E-state index in [0.717, 1.165) is 0 Å². The molecule has 2 aromatic rings. The first-order chi connectivity index (χ1) is 12.3. The molecule has 140 valence electrons. The van der Waals surface area contributed by atoms with E-state index >= 15 is 0 Å². The summed E-state index contributed by atoms with van der Waals surface area (Å²) in [4.78, 5) is 28.9. The predicted octanol–water partition coefficient (Wildman–Crippen LogP) is 2.82. The molecule has 0 radical (unpaired) electrons. The summed E-state index contributed by atoms with van der Waals surface area (Å²) >= 11 is 11.5. The van der Waals surface area contributed by atoms with Crippen LogP contribution in [0.15, 0.2) is 35.1 Å². The fourth-order valence-electron chi connectivity index (χ4n) is 2.31. The second-order valence-electron chi connectivity index (χ2n) is 6.05. The van der Waals surface area contributed by atoms with E-state index in [1.165, 1.54) is 17.3 Å². The number of hydrogen-bond acceptors (Lipinski definition) is 6. The number of Topliss-reactive ketones (excluding diaryl/α,β-unsaturated/α-hetero) is 1. The van der Waals surface area contributed by atoms with Crippen LogP contribution in [0, 0.1) is 5.92 Å². The van der Waals surface area contributed by atoms with E-state index in [-0.39, 0.29) is 24.7 Å². The molecule has 26 heavy (non-hydrogen) atoms. The van der Waals surface area contributed by atoms with Crippen LogP contribution in [0.25, 0.3) is 11.5 Å². The molecule has 2 aromatic heterocycles. The van der Waals surface area contributed by atoms with Crippen molar-refractivity contribution in [2.75, 3.05) is 11.4 Å². The van der Waals surface area contributed by atoms with Gasteiger partial charge in [0.25, 0.3) is 5.91 Å². The fraction of sp³-hybridized carbons (Fsp3) is 0.412. The van der Waals surface area contributed by atoms with E-state index in [1.807, 2.05) is 13.8 Å². The number of halogens is 2. The van der Waals surface area contributed by atoms with E-state index in [1.54, 1.807) is 18.2 Å². The Kier molecular flexibility index (Phi) is 7.14. The number of nitrogens with zero attached hydrogens (tertiary/aromatic N) is 3. The van der Waals surface area contributed by atoms with Crippen molar-refractivity contribution in [3.63, 3.8) is 0 Å². The molecule has 0 saturated carbocycles. The number of ketones is 1. The van der Waals surface area contributed by atoms with Gasteiger partial charge in [-0.3, -0.25) is 14.6 Å². The van der Waals surface area contributed by atoms with Crippen molar-refractivity contribution in [1.82, 2.24) is 10.1 Å². The summed E-state index contributed by atoms with van der Waals surface area (Å²) in [5.74, 6) is -0.207. The number of amides is 1. The number of nitrogens with two attached hydrogens (primary N) is 1. The molecule has 0 spiro atoms. The second-order valence-corrected chi connectivity index (χ2v) is 7.15. The first-order valence-electron chi connectivity index (χ1n) is 8.06. The molecule has 7 nitrogen and oxygen atoms in total. The average Bonchev–Trinajstić information content (AvgIpc) is 3.15. The van der Waals surface area contributed by atoms with Crippen LogP contribution in [0.2, 0.25) is 0 Å². The highest BCUT2D eigenvalue weighted by Crippen LogP contribution is 2.24. The topological polar surface area (TPSA) is 102 Å². The van der Waals surface area contributed by atoms with Crippen molar-refractivity contribution in [2.24, 2.45) is 11.7 Å². The first kappa shape index (κ1) is 20.4. The number of aromatic nitrogens is 2. The highest BCUT2D eigenvalue weighted by atomic mass is 35.5. The second kappa shape index (κ2) is 9.12. The molecule has 0 bridgehead atoms. The monoisotopic (exact) mass is 398 g/mol. The van der Waals surface area contributed by atoms with Crippen molar-refractivity contribution in [1.29, 1.82) is 0 Å². The first-order valence-corrected chi connectivity index (χ1v) is 8.93. The average molecular weight is 399 g/mol. The summed E-state index contributed by atoms with van der Waals surface area (Å²) in [7, 11) is 0. The van der Waals surface area contributed by atoms with E-state index in [2.05, 4.69) is 10.1 Å². The van der Waals surface area contributed by atoms with Crippen LogP contribution in [0.1, 0.15) is 20.3 Å². The van der Waals surface area contributed by atoms with Gasteiger partial charge in [-0.15, -0.1) is 0 Å². The largest absolute Gasteiger partial charge is 0.355 e. The number of carbonyl (C=O) groups is 2. The van der Waals surface area contributed by atoms with Gasteiger partial charge >= 0.3 is 0 Å². The van der Waals surface area contributed by atoms with Gasteiger partial charge in [-0.05, 0) is 18.1 Å². The van der Waals surface area contributed by atoms with Crippen molar-refractivity contribution in [3.05, 3.63) is 30.6 Å². The zero-order valence-corrected chi connectivity index (χ0v) is 15.9. The van der Waals surface area contributed by atoms with Crippen LogP contribution in [0.3, 0.4) is 0 Å². The molecule has 0 saturated heterocycles. The third kappa shape index (κ3) is 5.03. The quantitative estimate of drug-likeness (QED) is 0.685. The van der Waals surface area contributed by atoms with E-state index in [9.17, 15) is 9.59 Å². The van der Waals surface area contributed by atoms with Crippen molar-refractivity contribution in [3.8, 4) is 11.5 Å². The summed E-state index contributed by atoms with van der Waals surface area (Å²) < 4.78 is 5.08. The molecule has 0 aliphatic heterocycles. The fourth-order valence-corrected chi connectivity index (χ4v) is 2.55. The lowest BCUT2D eigenvalue weighted by Gasteiger charge is -2.24. The van der Waals surface area contributed by atoms with Crippen molar-refractivity contribution >= 4 is 40.6 Å². The highest BCUT2D eigenvalue weighted by molar-refractivity contribution is 6.54. The molecule has 1 amide bonds. The maximum Gasteiger partial charge on any atom is 0.260 e. The third-order valence-corrected chi connectivity index (χ3v) is 4.24. The third-order valence-electron chi connectivity index (χ3n) is 3.87. The lowest BCUT2D eigenvalue weighted by Crippen LogP contribution is -2.40. The smallest absolute Gasteiger partial charge is 0.260 e. The number of carbonyl (C=O) groups excluding carboxylic acids is 2. The SMILES string of the molecule is CC(C)[C@@H](N)C(=O)CCN(C(=O)C(Cl)Cl)c1ccnc(-c2ccno2)c1. The summed E-state index contributed by atoms with van der Waals surface area (Å²) in [6, 6.07) is 4.33. The Labute approximate surface area is 161 Å². The zero-order valence-electron chi connectivity index (χ0n) is 14.4. The van der Waals surface area contributed by atoms with Crippen molar-refractivity contribution in [2.45, 2.75) is 31.1 Å². The van der Waals surface area contributed by atoms with Crippen LogP contribution in [0.4, 0.5) is 5.69 Å². The maximum absolute atomic E-state index is 12.4. The summed E-state index contributed by atoms with van der Waals surface area (Å²) in [6.07, 6.45) is 3.10. The Morgan fingerprint density at radius 3 is 2.58 bits per heavy atom. The molecular weight excluding hydrogens is 379 g/mol. The number of alkyl halides is 2. The van der Waals surface area contributed by atoms with Gasteiger partial charge in [0.1, 0.15) is 5.69 Å². The van der Waals surface area contributed by atoms with Crippen LogP contribution < -0.4 is 10.6 Å². The Balaban J connectivity index is 2.24. The minimum absolute atomic E-state index is 0.0134. The molecule has 0 aromatic carbocycles. The number of pyridine rings is 1. The Bertz CT molecular complexity index is 750. The lowest BCUT2D eigenvalue weighted by atomic mass is 9.99. The summed E-state index contributed by atoms with van der Waals surface area (Å²) in [5.41, 5.74) is 6.86. The molecule has 2 rings (SSSR count). The molecule has 0 unspecified atom stereocenters. The summed E-state index contributed by atoms with van der Waals surface area (Å²) in [6.45, 7) is 3.84. The molecule has 0 fully saturated rings. The molecule has 2 heterocycles. The van der Waals surface area contributed by atoms with Gasteiger partial charge in [0.05, 0.1) is 12.2 Å². The standard InChI is InChI=1S/C17H20Cl2N4O3/c1-10(2)15(20)13(24)5-8-23(17(25)16(18)19)11-3-6-21-12(9-11)14-4-7-22-26-14/h3-4,6-7,9-10,15-16H,5,8,20H2,1-2H3/t15-/m1/s1. The minimum Gasteiger partial charge on any atom is -0.355 e. The Hall–Kier alpha value is -1.96. The molecule has 2 N–H and O–H groups in total. The van der Waals surface area contributed by atoms with E-state index in [4.69, 9.17) is 33.5 Å². The Morgan fingerprint density at radius 2 is 2.00 bits per heavy atom. The van der Waals surface area contributed by atoms with Gasteiger partial charge in [0, 0.05) is 30.9 Å². The lowest BCUT2D eigenvalue weighted by molar-refractivity contribution is -0.121. The predicted molar refractivity (Wildman–Crippen MR) is 100 cm³/mol. The molecule has 0 aliphatic carbocycles. The molecule has 0 aliphatic rings. The van der Waals surface area contributed by atoms with Gasteiger partial charge in [-0.1, -0.05) is 42.2 Å². The van der Waals surface area contributed by atoms with Gasteiger partial charge < -0.3 is 15.2 Å². The summed E-state index contributed by atoms with van der Waals surface area (Å²) in [5, 5.41) is 3.64. The highest BCUT2D eigenvalue weighted by Gasteiger charge is 2.25. The Morgan fingerprint density at radius 1 is 1.27 bits per heavy atom. The van der Waals surface area contributed by atoms with Crippen molar-refractivity contribution < 1.29 is 14.1 Å². The van der Waals surface area contributed by atoms with Crippen LogP contribution in [-0.4, -0.2) is 39.3 Å². The maximum atomic E-state index is 12.4. The zero-order chi connectivity index (χ0) is 19.3. The van der Waals surface area contributed by atoms with Crippen LogP contribution in [-0.2, 0) is 9.59 Å². The normalized spacial score (nSPS) is 12.4. The van der Waals surface area contributed by atoms with E-state index < -0.39 is 16.8 Å². The number of hydrogen-bond donors (Lipinski definition) is 1. The van der Waals surface area contributed by atoms with Gasteiger partial charge in [-0.2, -0.15) is 0 Å². The van der Waals surface area contributed by atoms with Crippen LogP contribution in [0.5, 0.6) is 0 Å². The molecular formula is C17H20Cl2N4O3. The number of rotatable bonds is 8. The minimum atomic E-state index is -1.26. The van der Waals surface area contributed by atoms with E-state index in [0.29, 0.717) is 17.1 Å². The van der Waals surface area contributed by atoms with Gasteiger partial charge in [0.15, 0.2) is 16.4 Å². The van der Waals surface area contributed by atoms with Gasteiger partial charge in [0.2, 0.25) is 0 Å². The van der Waals surface area contributed by atoms with Gasteiger partial charge in [-0.25, -0.2) is 0 Å². The number of anilines is 1. The molecule has 9 heteroatoms.